The second-order valence-corrected chi connectivity index (χ2v) is 8.65. The third kappa shape index (κ3) is 3.08. The molecule has 5 nitrogen and oxygen atoms in total. The fourth-order valence-electron chi connectivity index (χ4n) is 4.90. The van der Waals surface area contributed by atoms with E-state index in [9.17, 15) is 14.7 Å². The largest absolute Gasteiger partial charge is 0.506 e. The van der Waals surface area contributed by atoms with Gasteiger partial charge in [-0.25, -0.2) is 0 Å². The Hall–Kier alpha value is -2.53. The van der Waals surface area contributed by atoms with E-state index in [1.54, 1.807) is 24.3 Å². The summed E-state index contributed by atoms with van der Waals surface area (Å²) in [5.74, 6) is 0.330. The molecule has 1 aliphatic carbocycles. The van der Waals surface area contributed by atoms with Crippen molar-refractivity contribution < 1.29 is 24.2 Å². The van der Waals surface area contributed by atoms with Gasteiger partial charge >= 0.3 is 5.97 Å². The third-order valence-corrected chi connectivity index (χ3v) is 6.64. The lowest BCUT2D eigenvalue weighted by Gasteiger charge is -2.42. The van der Waals surface area contributed by atoms with E-state index in [-0.39, 0.29) is 34.9 Å². The zero-order valence-electron chi connectivity index (χ0n) is 15.9. The number of ketones is 1. The molecule has 1 saturated carbocycles. The molecule has 0 bridgehead atoms. The van der Waals surface area contributed by atoms with Gasteiger partial charge in [0, 0.05) is 11.5 Å². The first-order valence-electron chi connectivity index (χ1n) is 10.0. The number of phenolic OH excluding ortho intramolecular Hbond substituents is 1. The summed E-state index contributed by atoms with van der Waals surface area (Å²) in [6, 6.07) is 8.30. The molecule has 3 aliphatic rings. The van der Waals surface area contributed by atoms with Crippen molar-refractivity contribution in [2.24, 2.45) is 0 Å². The van der Waals surface area contributed by atoms with E-state index in [1.165, 1.54) is 6.07 Å². The minimum absolute atomic E-state index is 0.0169. The van der Waals surface area contributed by atoms with Gasteiger partial charge in [0.05, 0.1) is 23.4 Å². The number of rotatable bonds is 1. The van der Waals surface area contributed by atoms with Crippen molar-refractivity contribution in [2.75, 3.05) is 0 Å². The first-order chi connectivity index (χ1) is 14.0. The van der Waals surface area contributed by atoms with Crippen LogP contribution in [0.3, 0.4) is 0 Å². The maximum absolute atomic E-state index is 13.0. The molecule has 5 rings (SSSR count). The lowest BCUT2D eigenvalue weighted by atomic mass is 9.76. The highest BCUT2D eigenvalue weighted by Gasteiger charge is 2.44. The molecule has 0 radical (unpaired) electrons. The highest BCUT2D eigenvalue weighted by molar-refractivity contribution is 6.32. The molecule has 6 heteroatoms. The van der Waals surface area contributed by atoms with Crippen LogP contribution in [0.25, 0.3) is 0 Å². The summed E-state index contributed by atoms with van der Waals surface area (Å²) in [5.41, 5.74) is 1.59. The molecular formula is C23H21ClO5. The molecule has 1 fully saturated rings. The van der Waals surface area contributed by atoms with Crippen molar-refractivity contribution in [2.45, 2.75) is 56.5 Å². The maximum atomic E-state index is 13.0. The standard InChI is InChI=1S/C23H21ClO5/c24-16-10-13(4-6-17(16)25)15-11-20(27)28-19-7-5-14-18(26)12-23(8-2-1-3-9-23)29-22(14)21(15)19/h4-7,10,15,25H,1-3,8-9,11-12H2. The highest BCUT2D eigenvalue weighted by Crippen LogP contribution is 2.51. The summed E-state index contributed by atoms with van der Waals surface area (Å²) in [6.45, 7) is 0. The topological polar surface area (TPSA) is 72.8 Å². The average molecular weight is 413 g/mol. The van der Waals surface area contributed by atoms with Crippen LogP contribution in [0, 0.1) is 0 Å². The SMILES string of the molecule is O=C1CC(c2ccc(O)c(Cl)c2)c2c(ccc3c2OC2(CCCCC2)CC3=O)O1. The van der Waals surface area contributed by atoms with Crippen molar-refractivity contribution in [3.05, 3.63) is 52.0 Å². The van der Waals surface area contributed by atoms with Gasteiger partial charge in [-0.05, 0) is 55.5 Å². The quantitative estimate of drug-likeness (QED) is 0.517. The van der Waals surface area contributed by atoms with E-state index < -0.39 is 5.60 Å². The molecule has 0 amide bonds. The molecule has 2 heterocycles. The fourth-order valence-corrected chi connectivity index (χ4v) is 5.09. The van der Waals surface area contributed by atoms with Crippen LogP contribution >= 0.6 is 11.6 Å². The van der Waals surface area contributed by atoms with Gasteiger partial charge in [0.25, 0.3) is 0 Å². The Morgan fingerprint density at radius 3 is 2.62 bits per heavy atom. The zero-order valence-corrected chi connectivity index (χ0v) is 16.6. The van der Waals surface area contributed by atoms with Crippen molar-refractivity contribution >= 4 is 23.4 Å². The number of benzene rings is 2. The van der Waals surface area contributed by atoms with Gasteiger partial charge in [0.1, 0.15) is 22.8 Å². The maximum Gasteiger partial charge on any atom is 0.312 e. The molecule has 1 spiro atoms. The smallest absolute Gasteiger partial charge is 0.312 e. The number of carbonyl (C=O) groups is 2. The monoisotopic (exact) mass is 412 g/mol. The van der Waals surface area contributed by atoms with Crippen molar-refractivity contribution in [3.8, 4) is 17.2 Å². The van der Waals surface area contributed by atoms with Gasteiger partial charge in [-0.1, -0.05) is 24.1 Å². The molecule has 2 aromatic carbocycles. The first-order valence-corrected chi connectivity index (χ1v) is 10.4. The number of phenols is 1. The first kappa shape index (κ1) is 18.5. The summed E-state index contributed by atoms with van der Waals surface area (Å²) in [6.07, 6.45) is 5.48. The number of aromatic hydroxyl groups is 1. The Kier molecular flexibility index (Phi) is 4.32. The lowest BCUT2D eigenvalue weighted by Crippen LogP contribution is -2.44. The average Bonchev–Trinajstić information content (AvgIpc) is 2.69. The van der Waals surface area contributed by atoms with Crippen molar-refractivity contribution in [3.63, 3.8) is 0 Å². The Bertz CT molecular complexity index is 1020. The normalized spacial score (nSPS) is 22.4. The van der Waals surface area contributed by atoms with Crippen LogP contribution in [0.5, 0.6) is 17.2 Å². The number of ether oxygens (including phenoxy) is 2. The predicted octanol–water partition coefficient (Wildman–Crippen LogP) is 5.15. The minimum Gasteiger partial charge on any atom is -0.506 e. The van der Waals surface area contributed by atoms with Gasteiger partial charge in [0.15, 0.2) is 5.78 Å². The number of halogens is 1. The number of Topliss-reactive ketones (excluding diaryl/α,β-unsaturated/α-hetero) is 1. The van der Waals surface area contributed by atoms with Crippen molar-refractivity contribution in [1.82, 2.24) is 0 Å². The van der Waals surface area contributed by atoms with Crippen LogP contribution in [-0.2, 0) is 4.79 Å². The Balaban J connectivity index is 1.67. The Morgan fingerprint density at radius 1 is 1.07 bits per heavy atom. The summed E-state index contributed by atoms with van der Waals surface area (Å²) < 4.78 is 12.1. The molecule has 0 saturated heterocycles. The van der Waals surface area contributed by atoms with E-state index >= 15 is 0 Å². The van der Waals surface area contributed by atoms with Crippen LogP contribution in [0.4, 0.5) is 0 Å². The number of carbonyl (C=O) groups excluding carboxylic acids is 2. The van der Waals surface area contributed by atoms with Crippen LogP contribution in [-0.4, -0.2) is 22.5 Å². The van der Waals surface area contributed by atoms with Gasteiger partial charge < -0.3 is 14.6 Å². The number of hydrogen-bond acceptors (Lipinski definition) is 5. The van der Waals surface area contributed by atoms with Crippen molar-refractivity contribution in [1.29, 1.82) is 0 Å². The molecule has 29 heavy (non-hydrogen) atoms. The van der Waals surface area contributed by atoms with Crippen LogP contribution in [0.15, 0.2) is 30.3 Å². The molecular weight excluding hydrogens is 392 g/mol. The van der Waals surface area contributed by atoms with E-state index in [0.29, 0.717) is 23.5 Å². The Morgan fingerprint density at radius 2 is 1.86 bits per heavy atom. The third-order valence-electron chi connectivity index (χ3n) is 6.34. The molecule has 150 valence electrons. The van der Waals surface area contributed by atoms with Gasteiger partial charge in [0.2, 0.25) is 0 Å². The molecule has 1 N–H and O–H groups in total. The predicted molar refractivity (Wildman–Crippen MR) is 107 cm³/mol. The number of fused-ring (bicyclic) bond motifs is 3. The Labute approximate surface area is 173 Å². The molecule has 2 aliphatic heterocycles. The number of esters is 1. The molecule has 0 aromatic heterocycles. The summed E-state index contributed by atoms with van der Waals surface area (Å²) in [5, 5.41) is 10.0. The summed E-state index contributed by atoms with van der Waals surface area (Å²) in [4.78, 5) is 25.3. The van der Waals surface area contributed by atoms with Crippen LogP contribution in [0.1, 0.15) is 72.3 Å². The van der Waals surface area contributed by atoms with Gasteiger partial charge in [-0.2, -0.15) is 0 Å². The zero-order chi connectivity index (χ0) is 20.2. The van der Waals surface area contributed by atoms with E-state index in [1.807, 2.05) is 0 Å². The molecule has 1 atom stereocenters. The minimum atomic E-state index is -0.462. The van der Waals surface area contributed by atoms with Gasteiger partial charge in [-0.15, -0.1) is 0 Å². The second-order valence-electron chi connectivity index (χ2n) is 8.24. The fraction of sp³-hybridized carbons (Fsp3) is 0.391. The molecule has 2 aromatic rings. The van der Waals surface area contributed by atoms with Gasteiger partial charge in [-0.3, -0.25) is 9.59 Å². The second kappa shape index (κ2) is 6.77. The number of hydrogen-bond donors (Lipinski definition) is 1. The van der Waals surface area contributed by atoms with E-state index in [4.69, 9.17) is 21.1 Å². The van der Waals surface area contributed by atoms with E-state index in [0.717, 1.165) is 43.2 Å². The lowest BCUT2D eigenvalue weighted by molar-refractivity contribution is -0.135. The highest BCUT2D eigenvalue weighted by atomic mass is 35.5. The van der Waals surface area contributed by atoms with Crippen LogP contribution in [0.2, 0.25) is 5.02 Å². The summed E-state index contributed by atoms with van der Waals surface area (Å²) >= 11 is 6.13. The summed E-state index contributed by atoms with van der Waals surface area (Å²) in [7, 11) is 0. The van der Waals surface area contributed by atoms with E-state index in [2.05, 4.69) is 0 Å². The molecule has 1 unspecified atom stereocenters. The van der Waals surface area contributed by atoms with Crippen LogP contribution < -0.4 is 9.47 Å².